The molecule has 0 amide bonds. The average Bonchev–Trinajstić information content (AvgIpc) is 2.64. The number of aryl methyl sites for hydroxylation is 1. The Morgan fingerprint density at radius 3 is 3.00 bits per heavy atom. The van der Waals surface area contributed by atoms with Crippen LogP contribution in [0, 0.1) is 6.92 Å². The fourth-order valence-corrected chi connectivity index (χ4v) is 2.14. The zero-order valence-corrected chi connectivity index (χ0v) is 9.62. The van der Waals surface area contributed by atoms with Gasteiger partial charge in [0.1, 0.15) is 10.8 Å². The van der Waals surface area contributed by atoms with Crippen LogP contribution in [-0.2, 0) is 6.42 Å². The summed E-state index contributed by atoms with van der Waals surface area (Å²) in [5.74, 6) is 0.237. The van der Waals surface area contributed by atoms with E-state index in [0.717, 1.165) is 10.7 Å². The van der Waals surface area contributed by atoms with Crippen molar-refractivity contribution in [3.63, 3.8) is 0 Å². The summed E-state index contributed by atoms with van der Waals surface area (Å²) in [7, 11) is 0. The van der Waals surface area contributed by atoms with Crippen molar-refractivity contribution in [1.29, 1.82) is 0 Å². The van der Waals surface area contributed by atoms with Crippen LogP contribution in [0.4, 0.5) is 5.82 Å². The van der Waals surface area contributed by atoms with E-state index in [0.29, 0.717) is 5.56 Å². The van der Waals surface area contributed by atoms with E-state index in [-0.39, 0.29) is 18.0 Å². The molecule has 2 heterocycles. The summed E-state index contributed by atoms with van der Waals surface area (Å²) in [4.78, 5) is 20.0. The maximum absolute atomic E-state index is 11.9. The summed E-state index contributed by atoms with van der Waals surface area (Å²) >= 11 is 1.49. The molecule has 0 radical (unpaired) electrons. The fourth-order valence-electron chi connectivity index (χ4n) is 1.37. The SMILES string of the molecule is Cc1csc(CC(=O)c2cccnc2N)n1. The summed E-state index contributed by atoms with van der Waals surface area (Å²) in [6.07, 6.45) is 1.86. The first-order valence-electron chi connectivity index (χ1n) is 4.81. The predicted octanol–water partition coefficient (Wildman–Crippen LogP) is 1.85. The van der Waals surface area contributed by atoms with E-state index < -0.39 is 0 Å². The van der Waals surface area contributed by atoms with E-state index in [2.05, 4.69) is 9.97 Å². The lowest BCUT2D eigenvalue weighted by atomic mass is 10.1. The topological polar surface area (TPSA) is 68.9 Å². The Kier molecular flexibility index (Phi) is 2.96. The number of nitrogens with zero attached hydrogens (tertiary/aromatic N) is 2. The molecule has 0 aliphatic heterocycles. The Labute approximate surface area is 97.2 Å². The molecule has 0 atom stereocenters. The number of ketones is 1. The smallest absolute Gasteiger partial charge is 0.173 e. The third-order valence-corrected chi connectivity index (χ3v) is 3.08. The molecule has 0 aromatic carbocycles. The van der Waals surface area contributed by atoms with Crippen molar-refractivity contribution < 1.29 is 4.79 Å². The lowest BCUT2D eigenvalue weighted by molar-refractivity contribution is 0.0993. The molecule has 4 nitrogen and oxygen atoms in total. The Balaban J connectivity index is 2.18. The lowest BCUT2D eigenvalue weighted by Gasteiger charge is -2.01. The Morgan fingerprint density at radius 2 is 2.38 bits per heavy atom. The highest BCUT2D eigenvalue weighted by molar-refractivity contribution is 7.09. The van der Waals surface area contributed by atoms with Crippen molar-refractivity contribution in [1.82, 2.24) is 9.97 Å². The van der Waals surface area contributed by atoms with Gasteiger partial charge in [-0.25, -0.2) is 9.97 Å². The summed E-state index contributed by atoms with van der Waals surface area (Å²) in [6, 6.07) is 3.39. The molecule has 2 aromatic heterocycles. The van der Waals surface area contributed by atoms with Crippen LogP contribution in [0.25, 0.3) is 0 Å². The second-order valence-corrected chi connectivity index (χ2v) is 4.36. The maximum atomic E-state index is 11.9. The highest BCUT2D eigenvalue weighted by Gasteiger charge is 2.12. The van der Waals surface area contributed by atoms with Gasteiger partial charge in [-0.15, -0.1) is 11.3 Å². The lowest BCUT2D eigenvalue weighted by Crippen LogP contribution is -2.07. The number of nitrogens with two attached hydrogens (primary N) is 1. The van der Waals surface area contributed by atoms with E-state index in [9.17, 15) is 4.79 Å². The third-order valence-electron chi connectivity index (χ3n) is 2.12. The molecule has 2 aromatic rings. The minimum atomic E-state index is -0.0417. The summed E-state index contributed by atoms with van der Waals surface area (Å²) in [6.45, 7) is 1.91. The van der Waals surface area contributed by atoms with Crippen LogP contribution in [0.1, 0.15) is 21.1 Å². The number of hydrogen-bond acceptors (Lipinski definition) is 5. The normalized spacial score (nSPS) is 10.3. The predicted molar refractivity (Wildman–Crippen MR) is 63.5 cm³/mol. The molecule has 0 fully saturated rings. The number of pyridine rings is 1. The van der Waals surface area contributed by atoms with E-state index in [4.69, 9.17) is 5.73 Å². The fraction of sp³-hybridized carbons (Fsp3) is 0.182. The van der Waals surface area contributed by atoms with Crippen molar-refractivity contribution in [2.45, 2.75) is 13.3 Å². The number of rotatable bonds is 3. The Bertz CT molecular complexity index is 521. The standard InChI is InChI=1S/C11H11N3OS/c1-7-6-16-10(14-7)5-9(15)8-3-2-4-13-11(8)12/h2-4,6H,5H2,1H3,(H2,12,13). The zero-order chi connectivity index (χ0) is 11.5. The zero-order valence-electron chi connectivity index (χ0n) is 8.80. The molecule has 2 rings (SSSR count). The molecule has 2 N–H and O–H groups in total. The van der Waals surface area contributed by atoms with Gasteiger partial charge in [0.2, 0.25) is 0 Å². The maximum Gasteiger partial charge on any atom is 0.173 e. The van der Waals surface area contributed by atoms with Gasteiger partial charge in [-0.2, -0.15) is 0 Å². The van der Waals surface area contributed by atoms with Crippen LogP contribution >= 0.6 is 11.3 Å². The van der Waals surface area contributed by atoms with Crippen molar-refractivity contribution in [2.24, 2.45) is 0 Å². The van der Waals surface area contributed by atoms with Gasteiger partial charge in [0.25, 0.3) is 0 Å². The molecule has 82 valence electrons. The van der Waals surface area contributed by atoms with Crippen LogP contribution in [0.5, 0.6) is 0 Å². The van der Waals surface area contributed by atoms with Crippen molar-refractivity contribution in [2.75, 3.05) is 5.73 Å². The number of nitrogen functional groups attached to an aromatic ring is 1. The third kappa shape index (κ3) is 2.25. The number of thiazole rings is 1. The van der Waals surface area contributed by atoms with E-state index in [1.165, 1.54) is 11.3 Å². The number of carbonyl (C=O) groups excluding carboxylic acids is 1. The largest absolute Gasteiger partial charge is 0.383 e. The van der Waals surface area contributed by atoms with E-state index in [1.807, 2.05) is 12.3 Å². The molecule has 0 aliphatic carbocycles. The van der Waals surface area contributed by atoms with Crippen LogP contribution < -0.4 is 5.73 Å². The number of aromatic nitrogens is 2. The van der Waals surface area contributed by atoms with Crippen LogP contribution in [-0.4, -0.2) is 15.8 Å². The van der Waals surface area contributed by atoms with E-state index >= 15 is 0 Å². The number of hydrogen-bond donors (Lipinski definition) is 1. The van der Waals surface area contributed by atoms with Gasteiger partial charge in [-0.05, 0) is 19.1 Å². The van der Waals surface area contributed by atoms with Crippen LogP contribution in [0.3, 0.4) is 0 Å². The molecule has 0 saturated heterocycles. The van der Waals surface area contributed by atoms with Gasteiger partial charge >= 0.3 is 0 Å². The van der Waals surface area contributed by atoms with Gasteiger partial charge in [0, 0.05) is 17.3 Å². The van der Waals surface area contributed by atoms with Gasteiger partial charge in [-0.3, -0.25) is 4.79 Å². The summed E-state index contributed by atoms with van der Waals surface area (Å²) < 4.78 is 0. The number of Topliss-reactive ketones (excluding diaryl/α,β-unsaturated/α-hetero) is 1. The number of anilines is 1. The van der Waals surface area contributed by atoms with Gasteiger partial charge in [0.05, 0.1) is 12.0 Å². The molecular weight excluding hydrogens is 222 g/mol. The average molecular weight is 233 g/mol. The van der Waals surface area contributed by atoms with Crippen LogP contribution in [0.2, 0.25) is 0 Å². The molecule has 0 saturated carbocycles. The summed E-state index contributed by atoms with van der Waals surface area (Å²) in [5, 5.41) is 2.74. The molecular formula is C11H11N3OS. The Morgan fingerprint density at radius 1 is 1.56 bits per heavy atom. The van der Waals surface area contributed by atoms with E-state index in [1.54, 1.807) is 18.3 Å². The number of carbonyl (C=O) groups is 1. The first kappa shape index (κ1) is 10.8. The summed E-state index contributed by atoms with van der Waals surface area (Å²) in [5.41, 5.74) is 7.04. The Hall–Kier alpha value is -1.75. The quantitative estimate of drug-likeness (QED) is 0.821. The second-order valence-electron chi connectivity index (χ2n) is 3.42. The van der Waals surface area contributed by atoms with Crippen LogP contribution in [0.15, 0.2) is 23.7 Å². The molecule has 16 heavy (non-hydrogen) atoms. The van der Waals surface area contributed by atoms with Crippen molar-refractivity contribution >= 4 is 22.9 Å². The molecule has 0 unspecified atom stereocenters. The first-order valence-corrected chi connectivity index (χ1v) is 5.69. The van der Waals surface area contributed by atoms with Crippen molar-refractivity contribution in [3.05, 3.63) is 40.0 Å². The molecule has 0 bridgehead atoms. The second kappa shape index (κ2) is 4.40. The minimum absolute atomic E-state index is 0.0417. The molecule has 0 spiro atoms. The minimum Gasteiger partial charge on any atom is -0.383 e. The highest BCUT2D eigenvalue weighted by Crippen LogP contribution is 2.14. The molecule has 5 heteroatoms. The molecule has 0 aliphatic rings. The monoisotopic (exact) mass is 233 g/mol. The van der Waals surface area contributed by atoms with Gasteiger partial charge < -0.3 is 5.73 Å². The van der Waals surface area contributed by atoms with Gasteiger partial charge in [-0.1, -0.05) is 0 Å². The highest BCUT2D eigenvalue weighted by atomic mass is 32.1. The van der Waals surface area contributed by atoms with Gasteiger partial charge in [0.15, 0.2) is 5.78 Å². The first-order chi connectivity index (χ1) is 7.66. The van der Waals surface area contributed by atoms with Crippen molar-refractivity contribution in [3.8, 4) is 0 Å².